The molecule has 1 aliphatic carbocycles. The molecule has 0 heterocycles. The lowest BCUT2D eigenvalue weighted by Crippen LogP contribution is -2.39. The Labute approximate surface area is 177 Å². The van der Waals surface area contributed by atoms with Gasteiger partial charge in [0.25, 0.3) is 5.69 Å². The first kappa shape index (κ1) is 23.4. The van der Waals surface area contributed by atoms with E-state index in [1.54, 1.807) is 18.2 Å². The number of para-hydroxylation sites is 2. The Morgan fingerprint density at radius 2 is 2.07 bits per heavy atom. The van der Waals surface area contributed by atoms with Gasteiger partial charge in [-0.1, -0.05) is 12.1 Å². The summed E-state index contributed by atoms with van der Waals surface area (Å²) in [6.45, 7) is 6.30. The van der Waals surface area contributed by atoms with Crippen LogP contribution in [0, 0.1) is 16.0 Å². The fraction of sp³-hybridized carbons (Fsp3) is 0.611. The summed E-state index contributed by atoms with van der Waals surface area (Å²) in [6.07, 6.45) is 3.53. The highest BCUT2D eigenvalue weighted by Crippen LogP contribution is 2.28. The quantitative estimate of drug-likeness (QED) is 0.104. The first-order valence-corrected chi connectivity index (χ1v) is 9.28. The van der Waals surface area contributed by atoms with Gasteiger partial charge < -0.3 is 20.7 Å². The van der Waals surface area contributed by atoms with E-state index >= 15 is 0 Å². The van der Waals surface area contributed by atoms with E-state index in [4.69, 9.17) is 4.74 Å². The van der Waals surface area contributed by atoms with Crippen LogP contribution in [0.2, 0.25) is 0 Å². The topological polar surface area (TPSA) is 101 Å². The molecule has 8 nitrogen and oxygen atoms in total. The molecule has 0 unspecified atom stereocenters. The van der Waals surface area contributed by atoms with Gasteiger partial charge in [0.05, 0.1) is 4.92 Å². The minimum Gasteiger partial charge on any atom is -0.381 e. The Morgan fingerprint density at radius 1 is 1.30 bits per heavy atom. The predicted molar refractivity (Wildman–Crippen MR) is 119 cm³/mol. The number of anilines is 1. The molecule has 1 aromatic rings. The highest BCUT2D eigenvalue weighted by molar-refractivity contribution is 14.0. The van der Waals surface area contributed by atoms with Crippen LogP contribution in [0.4, 0.5) is 11.4 Å². The lowest BCUT2D eigenvalue weighted by molar-refractivity contribution is -0.384. The molecule has 152 valence electrons. The van der Waals surface area contributed by atoms with Crippen LogP contribution in [0.25, 0.3) is 0 Å². The maximum Gasteiger partial charge on any atom is 0.292 e. The monoisotopic (exact) mass is 491 g/mol. The molecule has 0 saturated heterocycles. The second-order valence-corrected chi connectivity index (χ2v) is 6.26. The number of rotatable bonds is 12. The van der Waals surface area contributed by atoms with Crippen molar-refractivity contribution in [3.63, 3.8) is 0 Å². The van der Waals surface area contributed by atoms with Gasteiger partial charge in [0.15, 0.2) is 5.96 Å². The van der Waals surface area contributed by atoms with Crippen LogP contribution >= 0.6 is 24.0 Å². The molecular weight excluding hydrogens is 461 g/mol. The van der Waals surface area contributed by atoms with E-state index in [1.165, 1.54) is 18.9 Å². The number of hydrogen-bond donors (Lipinski definition) is 3. The van der Waals surface area contributed by atoms with Gasteiger partial charge in [0, 0.05) is 45.5 Å². The third kappa shape index (κ3) is 9.76. The summed E-state index contributed by atoms with van der Waals surface area (Å²) in [4.78, 5) is 15.1. The number of aliphatic imine (C=N–C) groups is 1. The largest absolute Gasteiger partial charge is 0.381 e. The van der Waals surface area contributed by atoms with Gasteiger partial charge in [0.2, 0.25) is 0 Å². The predicted octanol–water partition coefficient (Wildman–Crippen LogP) is 3.00. The third-order valence-corrected chi connectivity index (χ3v) is 3.95. The zero-order valence-corrected chi connectivity index (χ0v) is 18.1. The molecule has 27 heavy (non-hydrogen) atoms. The SMILES string of the molecule is CCNC(=NCCCOCC1CC1)NCCNc1ccccc1[N+](=O)[O-].I. The van der Waals surface area contributed by atoms with Crippen LogP contribution in [0.1, 0.15) is 26.2 Å². The van der Waals surface area contributed by atoms with E-state index in [2.05, 4.69) is 20.9 Å². The maximum atomic E-state index is 11.0. The number of guanidine groups is 1. The maximum absolute atomic E-state index is 11.0. The van der Waals surface area contributed by atoms with E-state index < -0.39 is 0 Å². The van der Waals surface area contributed by atoms with Crippen LogP contribution in [0.3, 0.4) is 0 Å². The zero-order chi connectivity index (χ0) is 18.6. The highest BCUT2D eigenvalue weighted by atomic mass is 127. The number of nitrogens with zero attached hydrogens (tertiary/aromatic N) is 2. The molecule has 1 aromatic carbocycles. The van der Waals surface area contributed by atoms with Gasteiger partial charge in [-0.05, 0) is 38.2 Å². The Kier molecular flexibility index (Phi) is 11.7. The van der Waals surface area contributed by atoms with Crippen molar-refractivity contribution < 1.29 is 9.66 Å². The molecular formula is C18H30IN5O3. The molecule has 2 rings (SSSR count). The molecule has 0 aliphatic heterocycles. The average Bonchev–Trinajstić information content (AvgIpc) is 3.46. The fourth-order valence-electron chi connectivity index (χ4n) is 2.39. The molecule has 0 amide bonds. The van der Waals surface area contributed by atoms with E-state index in [0.717, 1.165) is 38.1 Å². The van der Waals surface area contributed by atoms with Crippen molar-refractivity contribution in [3.05, 3.63) is 34.4 Å². The molecule has 9 heteroatoms. The van der Waals surface area contributed by atoms with Crippen LogP contribution in [0.15, 0.2) is 29.3 Å². The minimum atomic E-state index is -0.382. The Balaban J connectivity index is 0.00000364. The third-order valence-electron chi connectivity index (χ3n) is 3.95. The molecule has 0 spiro atoms. The van der Waals surface area contributed by atoms with Gasteiger partial charge in [-0.3, -0.25) is 15.1 Å². The lowest BCUT2D eigenvalue weighted by Gasteiger charge is -2.12. The molecule has 0 radical (unpaired) electrons. The van der Waals surface area contributed by atoms with Crippen LogP contribution in [-0.2, 0) is 4.74 Å². The zero-order valence-electron chi connectivity index (χ0n) is 15.8. The van der Waals surface area contributed by atoms with Crippen molar-refractivity contribution >= 4 is 41.3 Å². The molecule has 0 bridgehead atoms. The smallest absolute Gasteiger partial charge is 0.292 e. The van der Waals surface area contributed by atoms with E-state index in [-0.39, 0.29) is 34.6 Å². The average molecular weight is 491 g/mol. The van der Waals surface area contributed by atoms with E-state index in [1.807, 2.05) is 6.92 Å². The lowest BCUT2D eigenvalue weighted by atomic mass is 10.2. The van der Waals surface area contributed by atoms with E-state index in [9.17, 15) is 10.1 Å². The van der Waals surface area contributed by atoms with Gasteiger partial charge in [0.1, 0.15) is 5.69 Å². The number of nitro groups is 1. The second-order valence-electron chi connectivity index (χ2n) is 6.26. The first-order chi connectivity index (χ1) is 12.7. The van der Waals surface area contributed by atoms with Crippen LogP contribution < -0.4 is 16.0 Å². The highest BCUT2D eigenvalue weighted by Gasteiger charge is 2.20. The number of ether oxygens (including phenoxy) is 1. The van der Waals surface area contributed by atoms with Gasteiger partial charge in [-0.25, -0.2) is 0 Å². The van der Waals surface area contributed by atoms with Crippen LogP contribution in [0.5, 0.6) is 0 Å². The molecule has 3 N–H and O–H groups in total. The Hall–Kier alpha value is -1.62. The number of benzene rings is 1. The van der Waals surface area contributed by atoms with Gasteiger partial charge >= 0.3 is 0 Å². The van der Waals surface area contributed by atoms with Crippen molar-refractivity contribution in [1.82, 2.24) is 10.6 Å². The van der Waals surface area contributed by atoms with Crippen LogP contribution in [-0.4, -0.2) is 50.3 Å². The molecule has 1 aliphatic rings. The number of hydrogen-bond acceptors (Lipinski definition) is 5. The van der Waals surface area contributed by atoms with Crippen molar-refractivity contribution in [2.24, 2.45) is 10.9 Å². The number of halogens is 1. The van der Waals surface area contributed by atoms with Crippen molar-refractivity contribution in [2.75, 3.05) is 44.7 Å². The summed E-state index contributed by atoms with van der Waals surface area (Å²) in [5, 5.41) is 20.5. The van der Waals surface area contributed by atoms with Gasteiger partial charge in [-0.15, -0.1) is 24.0 Å². The Bertz CT molecular complexity index is 596. The summed E-state index contributed by atoms with van der Waals surface area (Å²) in [7, 11) is 0. The summed E-state index contributed by atoms with van der Waals surface area (Å²) in [5.74, 6) is 1.55. The number of nitrogens with one attached hydrogen (secondary N) is 3. The van der Waals surface area contributed by atoms with Gasteiger partial charge in [-0.2, -0.15) is 0 Å². The fourth-order valence-corrected chi connectivity index (χ4v) is 2.39. The summed E-state index contributed by atoms with van der Waals surface area (Å²) in [6, 6.07) is 6.64. The summed E-state index contributed by atoms with van der Waals surface area (Å²) in [5.41, 5.74) is 0.605. The van der Waals surface area contributed by atoms with E-state index in [0.29, 0.717) is 25.3 Å². The Morgan fingerprint density at radius 3 is 2.78 bits per heavy atom. The standard InChI is InChI=1S/C18H29N5O3.HI/c1-2-19-18(21-10-5-13-26-14-15-8-9-15)22-12-11-20-16-6-3-4-7-17(16)23(24)25;/h3-4,6-7,15,20H,2,5,8-14H2,1H3,(H2,19,21,22);1H. The number of nitro benzene ring substituents is 1. The molecule has 1 fully saturated rings. The summed E-state index contributed by atoms with van der Waals surface area (Å²) >= 11 is 0. The minimum absolute atomic E-state index is 0. The molecule has 0 atom stereocenters. The molecule has 0 aromatic heterocycles. The summed E-state index contributed by atoms with van der Waals surface area (Å²) < 4.78 is 5.60. The van der Waals surface area contributed by atoms with Crippen molar-refractivity contribution in [3.8, 4) is 0 Å². The van der Waals surface area contributed by atoms with Crippen molar-refractivity contribution in [1.29, 1.82) is 0 Å². The second kappa shape index (κ2) is 13.5. The first-order valence-electron chi connectivity index (χ1n) is 9.28. The molecule has 1 saturated carbocycles. The van der Waals surface area contributed by atoms with Crippen molar-refractivity contribution in [2.45, 2.75) is 26.2 Å². The normalized spacial score (nSPS) is 13.6.